The van der Waals surface area contributed by atoms with Crippen LogP contribution in [0.4, 0.5) is 10.1 Å². The van der Waals surface area contributed by atoms with E-state index < -0.39 is 5.82 Å². The first kappa shape index (κ1) is 15.5. The van der Waals surface area contributed by atoms with Crippen LogP contribution in [0.2, 0.25) is 0 Å². The molecule has 1 rings (SSSR count). The summed E-state index contributed by atoms with van der Waals surface area (Å²) < 4.78 is 13.6. The lowest BCUT2D eigenvalue weighted by Gasteiger charge is -2.23. The standard InChI is InChI=1S/C15H23FN2O/c1-5-11(6-2)10(3)18-15(19)12-8-7-9-13(16)14(12)17-4/h7-11,17H,5-6H2,1-4H3,(H,18,19). The number of benzene rings is 1. The Bertz CT molecular complexity index is 430. The van der Waals surface area contributed by atoms with Gasteiger partial charge >= 0.3 is 0 Å². The number of hydrogen-bond donors (Lipinski definition) is 2. The summed E-state index contributed by atoms with van der Waals surface area (Å²) in [6.07, 6.45) is 2.03. The van der Waals surface area contributed by atoms with Crippen molar-refractivity contribution < 1.29 is 9.18 Å². The SMILES string of the molecule is CCC(CC)C(C)NC(=O)c1cccc(F)c1NC. The Balaban J connectivity index is 2.87. The molecule has 1 amide bonds. The Morgan fingerprint density at radius 2 is 1.95 bits per heavy atom. The molecule has 0 aliphatic heterocycles. The predicted molar refractivity (Wildman–Crippen MR) is 76.9 cm³/mol. The number of amides is 1. The van der Waals surface area contributed by atoms with Crippen molar-refractivity contribution in [2.75, 3.05) is 12.4 Å². The minimum absolute atomic E-state index is 0.0791. The minimum Gasteiger partial charge on any atom is -0.385 e. The van der Waals surface area contributed by atoms with Crippen LogP contribution in [-0.2, 0) is 0 Å². The second kappa shape index (κ2) is 7.12. The predicted octanol–water partition coefficient (Wildman–Crippen LogP) is 3.42. The number of halogens is 1. The van der Waals surface area contributed by atoms with Gasteiger partial charge in [0.1, 0.15) is 5.82 Å². The fraction of sp³-hybridized carbons (Fsp3) is 0.533. The highest BCUT2D eigenvalue weighted by Crippen LogP contribution is 2.20. The van der Waals surface area contributed by atoms with Crippen LogP contribution in [0.5, 0.6) is 0 Å². The largest absolute Gasteiger partial charge is 0.385 e. The minimum atomic E-state index is -0.412. The third-order valence-corrected chi connectivity index (χ3v) is 3.62. The molecule has 0 saturated heterocycles. The molecule has 1 aromatic carbocycles. The van der Waals surface area contributed by atoms with E-state index in [1.54, 1.807) is 19.2 Å². The van der Waals surface area contributed by atoms with Gasteiger partial charge in [-0.1, -0.05) is 32.8 Å². The molecule has 1 aromatic rings. The zero-order valence-electron chi connectivity index (χ0n) is 12.1. The Morgan fingerprint density at radius 3 is 2.47 bits per heavy atom. The van der Waals surface area contributed by atoms with Crippen molar-refractivity contribution in [3.05, 3.63) is 29.6 Å². The number of nitrogens with one attached hydrogen (secondary N) is 2. The second-order valence-electron chi connectivity index (χ2n) is 4.75. The molecular weight excluding hydrogens is 243 g/mol. The van der Waals surface area contributed by atoms with Gasteiger partial charge in [0.2, 0.25) is 0 Å². The molecule has 4 heteroatoms. The van der Waals surface area contributed by atoms with Crippen LogP contribution in [0.3, 0.4) is 0 Å². The summed E-state index contributed by atoms with van der Waals surface area (Å²) in [5.74, 6) is -0.205. The lowest BCUT2D eigenvalue weighted by atomic mass is 9.95. The van der Waals surface area contributed by atoms with Crippen molar-refractivity contribution in [1.82, 2.24) is 5.32 Å². The van der Waals surface area contributed by atoms with Crippen molar-refractivity contribution in [3.8, 4) is 0 Å². The molecule has 0 aliphatic carbocycles. The van der Waals surface area contributed by atoms with Gasteiger partial charge in [0.05, 0.1) is 11.3 Å². The molecule has 1 unspecified atom stereocenters. The molecule has 0 aromatic heterocycles. The first-order chi connectivity index (χ1) is 9.04. The van der Waals surface area contributed by atoms with Crippen LogP contribution >= 0.6 is 0 Å². The first-order valence-corrected chi connectivity index (χ1v) is 6.82. The zero-order valence-corrected chi connectivity index (χ0v) is 12.1. The van der Waals surface area contributed by atoms with E-state index in [2.05, 4.69) is 24.5 Å². The van der Waals surface area contributed by atoms with E-state index in [0.717, 1.165) is 12.8 Å². The molecule has 0 spiro atoms. The number of anilines is 1. The van der Waals surface area contributed by atoms with E-state index in [9.17, 15) is 9.18 Å². The monoisotopic (exact) mass is 266 g/mol. The number of para-hydroxylation sites is 1. The van der Waals surface area contributed by atoms with Gasteiger partial charge < -0.3 is 10.6 Å². The van der Waals surface area contributed by atoms with E-state index in [1.165, 1.54) is 6.07 Å². The van der Waals surface area contributed by atoms with Gasteiger partial charge in [0, 0.05) is 13.1 Å². The van der Waals surface area contributed by atoms with Gasteiger partial charge in [-0.15, -0.1) is 0 Å². The van der Waals surface area contributed by atoms with Crippen LogP contribution in [-0.4, -0.2) is 19.0 Å². The van der Waals surface area contributed by atoms with E-state index >= 15 is 0 Å². The molecule has 0 bridgehead atoms. The summed E-state index contributed by atoms with van der Waals surface area (Å²) in [5, 5.41) is 5.69. The molecule has 0 saturated carbocycles. The van der Waals surface area contributed by atoms with Gasteiger partial charge in [-0.3, -0.25) is 4.79 Å². The molecule has 2 N–H and O–H groups in total. The highest BCUT2D eigenvalue weighted by atomic mass is 19.1. The Kier molecular flexibility index (Phi) is 5.80. The van der Waals surface area contributed by atoms with Crippen molar-refractivity contribution in [1.29, 1.82) is 0 Å². The molecule has 3 nitrogen and oxygen atoms in total. The fourth-order valence-electron chi connectivity index (χ4n) is 2.37. The Hall–Kier alpha value is -1.58. The Morgan fingerprint density at radius 1 is 1.32 bits per heavy atom. The van der Waals surface area contributed by atoms with Crippen molar-refractivity contribution in [3.63, 3.8) is 0 Å². The van der Waals surface area contributed by atoms with Gasteiger partial charge in [-0.05, 0) is 25.0 Å². The number of carbonyl (C=O) groups is 1. The van der Waals surface area contributed by atoms with Crippen LogP contribution < -0.4 is 10.6 Å². The summed E-state index contributed by atoms with van der Waals surface area (Å²) in [6, 6.07) is 4.60. The van der Waals surface area contributed by atoms with Crippen LogP contribution in [0.25, 0.3) is 0 Å². The van der Waals surface area contributed by atoms with Gasteiger partial charge in [-0.25, -0.2) is 4.39 Å². The average Bonchev–Trinajstić information content (AvgIpc) is 2.39. The third kappa shape index (κ3) is 3.69. The maximum Gasteiger partial charge on any atom is 0.253 e. The van der Waals surface area contributed by atoms with Gasteiger partial charge in [0.25, 0.3) is 5.91 Å². The number of carbonyl (C=O) groups excluding carboxylic acids is 1. The van der Waals surface area contributed by atoms with Crippen molar-refractivity contribution in [2.24, 2.45) is 5.92 Å². The molecule has 1 atom stereocenters. The summed E-state index contributed by atoms with van der Waals surface area (Å²) in [4.78, 5) is 12.2. The molecule has 0 aliphatic rings. The van der Waals surface area contributed by atoms with E-state index in [4.69, 9.17) is 0 Å². The smallest absolute Gasteiger partial charge is 0.253 e. The fourth-order valence-corrected chi connectivity index (χ4v) is 2.37. The molecular formula is C15H23FN2O. The van der Waals surface area contributed by atoms with E-state index in [1.807, 2.05) is 6.92 Å². The summed E-state index contributed by atoms with van der Waals surface area (Å²) in [7, 11) is 1.61. The summed E-state index contributed by atoms with van der Waals surface area (Å²) >= 11 is 0. The first-order valence-electron chi connectivity index (χ1n) is 6.82. The maximum atomic E-state index is 13.6. The zero-order chi connectivity index (χ0) is 14.4. The number of rotatable bonds is 6. The van der Waals surface area contributed by atoms with Crippen molar-refractivity contribution in [2.45, 2.75) is 39.7 Å². The van der Waals surface area contributed by atoms with Crippen LogP contribution in [0, 0.1) is 11.7 Å². The Labute approximate surface area is 114 Å². The molecule has 106 valence electrons. The normalized spacial score (nSPS) is 12.3. The summed E-state index contributed by atoms with van der Waals surface area (Å²) in [5.41, 5.74) is 0.594. The average molecular weight is 266 g/mol. The molecule has 0 fully saturated rings. The van der Waals surface area contributed by atoms with E-state index in [0.29, 0.717) is 11.5 Å². The lowest BCUT2D eigenvalue weighted by Crippen LogP contribution is -2.38. The van der Waals surface area contributed by atoms with Gasteiger partial charge in [-0.2, -0.15) is 0 Å². The number of hydrogen-bond acceptors (Lipinski definition) is 2. The molecule has 0 heterocycles. The molecule has 0 radical (unpaired) electrons. The molecule has 19 heavy (non-hydrogen) atoms. The van der Waals surface area contributed by atoms with Gasteiger partial charge in [0.15, 0.2) is 0 Å². The van der Waals surface area contributed by atoms with Crippen LogP contribution in [0.15, 0.2) is 18.2 Å². The van der Waals surface area contributed by atoms with E-state index in [-0.39, 0.29) is 17.6 Å². The summed E-state index contributed by atoms with van der Waals surface area (Å²) in [6.45, 7) is 6.21. The topological polar surface area (TPSA) is 41.1 Å². The van der Waals surface area contributed by atoms with Crippen LogP contribution in [0.1, 0.15) is 44.0 Å². The quantitative estimate of drug-likeness (QED) is 0.828. The highest BCUT2D eigenvalue weighted by Gasteiger charge is 2.19. The third-order valence-electron chi connectivity index (χ3n) is 3.62. The second-order valence-corrected chi connectivity index (χ2v) is 4.75. The maximum absolute atomic E-state index is 13.6. The highest BCUT2D eigenvalue weighted by molar-refractivity contribution is 5.99. The van der Waals surface area contributed by atoms with Crippen molar-refractivity contribution >= 4 is 11.6 Å². The lowest BCUT2D eigenvalue weighted by molar-refractivity contribution is 0.0925.